The monoisotopic (exact) mass is 438 g/mol. The fourth-order valence-corrected chi connectivity index (χ4v) is 3.60. The van der Waals surface area contributed by atoms with E-state index in [9.17, 15) is 4.79 Å². The molecule has 1 N–H and O–H groups in total. The molecule has 1 unspecified atom stereocenters. The SMILES string of the molecule is CCC(C)c1ccc2oc(-c3cccc(NC(=O)c4cccc(Cl)c4Cl)c3)nc2c1. The average Bonchev–Trinajstić information content (AvgIpc) is 3.18. The van der Waals surface area contributed by atoms with E-state index in [1.807, 2.05) is 24.3 Å². The molecule has 0 aliphatic rings. The predicted octanol–water partition coefficient (Wildman–Crippen LogP) is 7.57. The Morgan fingerprint density at radius 2 is 1.90 bits per heavy atom. The van der Waals surface area contributed by atoms with Gasteiger partial charge in [0.25, 0.3) is 5.91 Å². The van der Waals surface area contributed by atoms with Crippen LogP contribution in [0.25, 0.3) is 22.6 Å². The first kappa shape index (κ1) is 20.5. The number of aromatic nitrogens is 1. The molecular formula is C24H20Cl2N2O2. The fourth-order valence-electron chi connectivity index (χ4n) is 3.22. The van der Waals surface area contributed by atoms with E-state index < -0.39 is 0 Å². The van der Waals surface area contributed by atoms with E-state index in [1.165, 1.54) is 5.56 Å². The number of rotatable bonds is 5. The maximum atomic E-state index is 12.6. The van der Waals surface area contributed by atoms with Gasteiger partial charge in [-0.05, 0) is 60.4 Å². The van der Waals surface area contributed by atoms with Crippen molar-refractivity contribution in [1.29, 1.82) is 0 Å². The third-order valence-corrected chi connectivity index (χ3v) is 5.98. The first-order chi connectivity index (χ1) is 14.5. The van der Waals surface area contributed by atoms with Gasteiger partial charge in [0.05, 0.1) is 15.6 Å². The van der Waals surface area contributed by atoms with Gasteiger partial charge in [0.1, 0.15) is 5.52 Å². The van der Waals surface area contributed by atoms with Crippen LogP contribution in [0.4, 0.5) is 5.69 Å². The van der Waals surface area contributed by atoms with Crippen LogP contribution in [0.3, 0.4) is 0 Å². The highest BCUT2D eigenvalue weighted by molar-refractivity contribution is 6.44. The first-order valence-electron chi connectivity index (χ1n) is 9.72. The second kappa shape index (κ2) is 8.50. The second-order valence-corrected chi connectivity index (χ2v) is 7.98. The van der Waals surface area contributed by atoms with Crippen LogP contribution in [-0.4, -0.2) is 10.9 Å². The van der Waals surface area contributed by atoms with Gasteiger partial charge < -0.3 is 9.73 Å². The molecule has 6 heteroatoms. The molecule has 0 saturated carbocycles. The zero-order valence-corrected chi connectivity index (χ0v) is 18.1. The minimum absolute atomic E-state index is 0.226. The molecule has 0 saturated heterocycles. The zero-order chi connectivity index (χ0) is 21.3. The van der Waals surface area contributed by atoms with Crippen molar-refractivity contribution in [2.24, 2.45) is 0 Å². The van der Waals surface area contributed by atoms with Crippen LogP contribution in [0.5, 0.6) is 0 Å². The van der Waals surface area contributed by atoms with Gasteiger partial charge in [0.2, 0.25) is 5.89 Å². The maximum Gasteiger partial charge on any atom is 0.257 e. The molecule has 30 heavy (non-hydrogen) atoms. The van der Waals surface area contributed by atoms with Crippen LogP contribution in [0.1, 0.15) is 42.1 Å². The van der Waals surface area contributed by atoms with E-state index in [0.717, 1.165) is 23.1 Å². The van der Waals surface area contributed by atoms with Crippen molar-refractivity contribution >= 4 is 45.9 Å². The van der Waals surface area contributed by atoms with E-state index in [1.54, 1.807) is 24.3 Å². The van der Waals surface area contributed by atoms with Gasteiger partial charge in [0.15, 0.2) is 5.58 Å². The van der Waals surface area contributed by atoms with Gasteiger partial charge in [0, 0.05) is 11.3 Å². The number of nitrogens with one attached hydrogen (secondary N) is 1. The van der Waals surface area contributed by atoms with Crippen LogP contribution in [0, 0.1) is 0 Å². The van der Waals surface area contributed by atoms with E-state index >= 15 is 0 Å². The molecule has 1 heterocycles. The Bertz CT molecular complexity index is 1230. The number of anilines is 1. The van der Waals surface area contributed by atoms with Gasteiger partial charge in [-0.1, -0.05) is 55.2 Å². The highest BCUT2D eigenvalue weighted by Crippen LogP contribution is 2.30. The summed E-state index contributed by atoms with van der Waals surface area (Å²) < 4.78 is 5.94. The van der Waals surface area contributed by atoms with Crippen LogP contribution in [0.2, 0.25) is 10.0 Å². The van der Waals surface area contributed by atoms with Gasteiger partial charge in [-0.25, -0.2) is 4.98 Å². The van der Waals surface area contributed by atoms with Crippen molar-refractivity contribution in [3.05, 3.63) is 81.8 Å². The number of oxazole rings is 1. The second-order valence-electron chi connectivity index (χ2n) is 7.19. The van der Waals surface area contributed by atoms with Crippen molar-refractivity contribution in [3.8, 4) is 11.5 Å². The number of hydrogen-bond acceptors (Lipinski definition) is 3. The lowest BCUT2D eigenvalue weighted by atomic mass is 9.98. The molecule has 1 aromatic heterocycles. The van der Waals surface area contributed by atoms with E-state index in [-0.39, 0.29) is 10.9 Å². The summed E-state index contributed by atoms with van der Waals surface area (Å²) >= 11 is 12.2. The maximum absolute atomic E-state index is 12.6. The molecule has 0 aliphatic carbocycles. The molecule has 0 aliphatic heterocycles. The van der Waals surface area contributed by atoms with Gasteiger partial charge >= 0.3 is 0 Å². The Morgan fingerprint density at radius 1 is 1.10 bits per heavy atom. The van der Waals surface area contributed by atoms with Gasteiger partial charge in [-0.2, -0.15) is 0 Å². The summed E-state index contributed by atoms with van der Waals surface area (Å²) in [6.07, 6.45) is 1.06. The minimum Gasteiger partial charge on any atom is -0.436 e. The normalized spacial score (nSPS) is 12.1. The number of nitrogens with zero attached hydrogens (tertiary/aromatic N) is 1. The first-order valence-corrected chi connectivity index (χ1v) is 10.5. The molecule has 0 spiro atoms. The molecule has 1 amide bonds. The lowest BCUT2D eigenvalue weighted by Crippen LogP contribution is -2.12. The number of fused-ring (bicyclic) bond motifs is 1. The Labute approximate surface area is 184 Å². The van der Waals surface area contributed by atoms with Crippen molar-refractivity contribution in [2.45, 2.75) is 26.2 Å². The third kappa shape index (κ3) is 4.07. The molecule has 4 aromatic rings. The lowest BCUT2D eigenvalue weighted by molar-refractivity contribution is 0.102. The average molecular weight is 439 g/mol. The molecule has 3 aromatic carbocycles. The summed E-state index contributed by atoms with van der Waals surface area (Å²) in [5, 5.41) is 3.41. The van der Waals surface area contributed by atoms with E-state index in [0.29, 0.717) is 28.1 Å². The minimum atomic E-state index is -0.338. The highest BCUT2D eigenvalue weighted by atomic mass is 35.5. The molecule has 4 rings (SSSR count). The summed E-state index contributed by atoms with van der Waals surface area (Å²) in [5.74, 6) is 0.630. The molecule has 152 valence electrons. The summed E-state index contributed by atoms with van der Waals surface area (Å²) in [7, 11) is 0. The van der Waals surface area contributed by atoms with Crippen molar-refractivity contribution in [1.82, 2.24) is 4.98 Å². The van der Waals surface area contributed by atoms with E-state index in [4.69, 9.17) is 27.6 Å². The Kier molecular flexibility index (Phi) is 5.80. The Balaban J connectivity index is 1.61. The van der Waals surface area contributed by atoms with Gasteiger partial charge in [-0.15, -0.1) is 0 Å². The van der Waals surface area contributed by atoms with Crippen LogP contribution in [0.15, 0.2) is 65.1 Å². The van der Waals surface area contributed by atoms with E-state index in [2.05, 4.69) is 36.3 Å². The van der Waals surface area contributed by atoms with Crippen LogP contribution < -0.4 is 5.32 Å². The van der Waals surface area contributed by atoms with Crippen molar-refractivity contribution in [2.75, 3.05) is 5.32 Å². The lowest BCUT2D eigenvalue weighted by Gasteiger charge is -2.08. The summed E-state index contributed by atoms with van der Waals surface area (Å²) in [5.41, 5.74) is 4.49. The zero-order valence-electron chi connectivity index (χ0n) is 16.6. The topological polar surface area (TPSA) is 55.1 Å². The standard InChI is InChI=1S/C24H20Cl2N2O2/c1-3-14(2)15-10-11-21-20(13-15)28-24(30-21)16-6-4-7-17(12-16)27-23(29)18-8-5-9-19(25)22(18)26/h4-14H,3H2,1-2H3,(H,27,29). The molecule has 0 fully saturated rings. The molecular weight excluding hydrogens is 419 g/mol. The largest absolute Gasteiger partial charge is 0.436 e. The van der Waals surface area contributed by atoms with Crippen molar-refractivity contribution < 1.29 is 9.21 Å². The number of carbonyl (C=O) groups excluding carboxylic acids is 1. The third-order valence-electron chi connectivity index (χ3n) is 5.16. The molecule has 1 atom stereocenters. The molecule has 0 bridgehead atoms. The smallest absolute Gasteiger partial charge is 0.257 e. The number of hydrogen-bond donors (Lipinski definition) is 1. The highest BCUT2D eigenvalue weighted by Gasteiger charge is 2.15. The van der Waals surface area contributed by atoms with Crippen LogP contribution in [-0.2, 0) is 0 Å². The van der Waals surface area contributed by atoms with Gasteiger partial charge in [-0.3, -0.25) is 4.79 Å². The quantitative estimate of drug-likeness (QED) is 0.349. The molecule has 0 radical (unpaired) electrons. The number of carbonyl (C=O) groups is 1. The number of halogens is 2. The Hall–Kier alpha value is -2.82. The number of amides is 1. The van der Waals surface area contributed by atoms with Crippen LogP contribution >= 0.6 is 23.2 Å². The Morgan fingerprint density at radius 3 is 2.70 bits per heavy atom. The summed E-state index contributed by atoms with van der Waals surface area (Å²) in [6, 6.07) is 18.4. The number of benzene rings is 3. The predicted molar refractivity (Wildman–Crippen MR) is 123 cm³/mol. The fraction of sp³-hybridized carbons (Fsp3) is 0.167. The molecule has 4 nitrogen and oxygen atoms in total. The summed E-state index contributed by atoms with van der Waals surface area (Å²) in [4.78, 5) is 17.3. The summed E-state index contributed by atoms with van der Waals surface area (Å²) in [6.45, 7) is 4.36. The van der Waals surface area contributed by atoms with Crippen molar-refractivity contribution in [3.63, 3.8) is 0 Å².